The molecule has 2 unspecified atom stereocenters. The number of fused-ring (bicyclic) bond motifs is 1. The van der Waals surface area contributed by atoms with E-state index >= 15 is 0 Å². The van der Waals surface area contributed by atoms with E-state index in [1.807, 2.05) is 0 Å². The molecule has 0 aromatic carbocycles. The number of carboxylic acid groups (broad SMARTS) is 1. The third-order valence-corrected chi connectivity index (χ3v) is 5.01. The Balaban J connectivity index is 1.96. The summed E-state index contributed by atoms with van der Waals surface area (Å²) >= 11 is 3.31. The lowest BCUT2D eigenvalue weighted by Gasteiger charge is -2.45. The standard InChI is InChI=1S/C15H19BrN2O2/c16-11-8-12(15(19)20)14(17-9-11)18-7-3-5-10-4-1-2-6-13(10)18/h8-10,13H,1-7H2,(H,19,20). The minimum Gasteiger partial charge on any atom is -0.478 e. The number of carbonyl (C=O) groups is 1. The monoisotopic (exact) mass is 338 g/mol. The van der Waals surface area contributed by atoms with Gasteiger partial charge in [-0.1, -0.05) is 12.8 Å². The van der Waals surface area contributed by atoms with Gasteiger partial charge in [-0.15, -0.1) is 0 Å². The second-order valence-electron chi connectivity index (χ2n) is 5.78. The van der Waals surface area contributed by atoms with Gasteiger partial charge in [-0.05, 0) is 53.6 Å². The fraction of sp³-hybridized carbons (Fsp3) is 0.600. The number of rotatable bonds is 2. The normalized spacial score (nSPS) is 26.1. The van der Waals surface area contributed by atoms with Crippen molar-refractivity contribution in [3.8, 4) is 0 Å². The van der Waals surface area contributed by atoms with Crippen molar-refractivity contribution in [2.45, 2.75) is 44.6 Å². The Morgan fingerprint density at radius 2 is 2.05 bits per heavy atom. The molecule has 0 radical (unpaired) electrons. The summed E-state index contributed by atoms with van der Waals surface area (Å²) in [4.78, 5) is 18.2. The number of aromatic carboxylic acids is 1. The molecular formula is C15H19BrN2O2. The van der Waals surface area contributed by atoms with E-state index in [0.717, 1.165) is 17.4 Å². The van der Waals surface area contributed by atoms with Crippen molar-refractivity contribution in [2.24, 2.45) is 5.92 Å². The van der Waals surface area contributed by atoms with E-state index < -0.39 is 5.97 Å². The largest absolute Gasteiger partial charge is 0.478 e. The highest BCUT2D eigenvalue weighted by atomic mass is 79.9. The highest BCUT2D eigenvalue weighted by Gasteiger charge is 2.35. The van der Waals surface area contributed by atoms with Gasteiger partial charge < -0.3 is 10.0 Å². The zero-order chi connectivity index (χ0) is 14.1. The average molecular weight is 339 g/mol. The van der Waals surface area contributed by atoms with Crippen LogP contribution in [0.5, 0.6) is 0 Å². The van der Waals surface area contributed by atoms with Crippen LogP contribution in [0.15, 0.2) is 16.7 Å². The summed E-state index contributed by atoms with van der Waals surface area (Å²) in [7, 11) is 0. The van der Waals surface area contributed by atoms with Gasteiger partial charge in [0.25, 0.3) is 0 Å². The molecule has 1 aromatic rings. The highest BCUT2D eigenvalue weighted by molar-refractivity contribution is 9.10. The fourth-order valence-corrected chi connectivity index (χ4v) is 4.04. The smallest absolute Gasteiger partial charge is 0.339 e. The Morgan fingerprint density at radius 1 is 1.30 bits per heavy atom. The minimum atomic E-state index is -0.897. The average Bonchev–Trinajstić information content (AvgIpc) is 2.46. The second-order valence-corrected chi connectivity index (χ2v) is 6.69. The van der Waals surface area contributed by atoms with Gasteiger partial charge in [-0.2, -0.15) is 0 Å². The van der Waals surface area contributed by atoms with Crippen LogP contribution in [0.2, 0.25) is 0 Å². The van der Waals surface area contributed by atoms with Crippen molar-refractivity contribution in [1.29, 1.82) is 0 Å². The van der Waals surface area contributed by atoms with Crippen LogP contribution in [0.1, 0.15) is 48.9 Å². The van der Waals surface area contributed by atoms with Crippen LogP contribution in [0, 0.1) is 5.92 Å². The molecule has 1 aliphatic heterocycles. The molecule has 1 saturated carbocycles. The predicted octanol–water partition coefficient (Wildman–Crippen LogP) is 3.70. The molecule has 2 aliphatic rings. The summed E-state index contributed by atoms with van der Waals surface area (Å²) in [5.74, 6) is 0.466. The third kappa shape index (κ3) is 2.55. The zero-order valence-electron chi connectivity index (χ0n) is 11.4. The molecule has 3 rings (SSSR count). The molecule has 108 valence electrons. The molecule has 0 bridgehead atoms. The Kier molecular flexibility index (Phi) is 3.96. The van der Waals surface area contributed by atoms with Gasteiger partial charge in [0.2, 0.25) is 0 Å². The number of carboxylic acids is 1. The number of nitrogens with zero attached hydrogens (tertiary/aromatic N) is 2. The molecule has 1 aliphatic carbocycles. The van der Waals surface area contributed by atoms with Crippen LogP contribution >= 0.6 is 15.9 Å². The van der Waals surface area contributed by atoms with Crippen molar-refractivity contribution in [1.82, 2.24) is 4.98 Å². The predicted molar refractivity (Wildman–Crippen MR) is 81.2 cm³/mol. The lowest BCUT2D eigenvalue weighted by Crippen LogP contribution is -2.47. The lowest BCUT2D eigenvalue weighted by atomic mass is 9.78. The fourth-order valence-electron chi connectivity index (χ4n) is 3.71. The van der Waals surface area contributed by atoms with Crippen LogP contribution in [-0.2, 0) is 0 Å². The van der Waals surface area contributed by atoms with Crippen LogP contribution in [0.4, 0.5) is 5.82 Å². The summed E-state index contributed by atoms with van der Waals surface area (Å²) in [6.45, 7) is 0.927. The van der Waals surface area contributed by atoms with Gasteiger partial charge in [-0.25, -0.2) is 9.78 Å². The van der Waals surface area contributed by atoms with Crippen LogP contribution < -0.4 is 4.90 Å². The summed E-state index contributed by atoms with van der Waals surface area (Å²) in [5.41, 5.74) is 0.311. The first kappa shape index (κ1) is 13.9. The first-order valence-corrected chi connectivity index (χ1v) is 8.11. The molecule has 20 heavy (non-hydrogen) atoms. The van der Waals surface area contributed by atoms with E-state index in [1.54, 1.807) is 12.3 Å². The number of hydrogen-bond donors (Lipinski definition) is 1. The molecule has 0 amide bonds. The molecule has 2 heterocycles. The number of aromatic nitrogens is 1. The van der Waals surface area contributed by atoms with E-state index in [-0.39, 0.29) is 0 Å². The van der Waals surface area contributed by atoms with Gasteiger partial charge >= 0.3 is 5.97 Å². The molecule has 0 spiro atoms. The molecule has 1 N–H and O–H groups in total. The van der Waals surface area contributed by atoms with Crippen molar-refractivity contribution in [3.05, 3.63) is 22.3 Å². The van der Waals surface area contributed by atoms with E-state index in [1.165, 1.54) is 32.1 Å². The Bertz CT molecular complexity index is 519. The van der Waals surface area contributed by atoms with Gasteiger partial charge in [0.05, 0.1) is 0 Å². The number of hydrogen-bond acceptors (Lipinski definition) is 3. The minimum absolute atomic E-state index is 0.311. The van der Waals surface area contributed by atoms with E-state index in [9.17, 15) is 9.90 Å². The van der Waals surface area contributed by atoms with Crippen LogP contribution in [0.3, 0.4) is 0 Å². The van der Waals surface area contributed by atoms with Gasteiger partial charge in [0.1, 0.15) is 11.4 Å². The van der Waals surface area contributed by atoms with Gasteiger partial charge in [-0.3, -0.25) is 0 Å². The van der Waals surface area contributed by atoms with Crippen molar-refractivity contribution < 1.29 is 9.90 Å². The molecule has 2 atom stereocenters. The quantitative estimate of drug-likeness (QED) is 0.893. The summed E-state index contributed by atoms with van der Waals surface area (Å²) in [5, 5.41) is 9.43. The molecule has 1 aromatic heterocycles. The van der Waals surface area contributed by atoms with Crippen molar-refractivity contribution >= 4 is 27.7 Å². The summed E-state index contributed by atoms with van der Waals surface area (Å²) in [6.07, 6.45) is 9.12. The van der Waals surface area contributed by atoms with Crippen molar-refractivity contribution in [2.75, 3.05) is 11.4 Å². The van der Waals surface area contributed by atoms with Crippen molar-refractivity contribution in [3.63, 3.8) is 0 Å². The highest BCUT2D eigenvalue weighted by Crippen LogP contribution is 2.38. The maximum Gasteiger partial charge on any atom is 0.339 e. The Hall–Kier alpha value is -1.10. The van der Waals surface area contributed by atoms with E-state index in [2.05, 4.69) is 25.8 Å². The molecule has 4 nitrogen and oxygen atoms in total. The molecule has 5 heteroatoms. The number of piperidine rings is 1. The summed E-state index contributed by atoms with van der Waals surface area (Å²) in [6, 6.07) is 2.14. The van der Waals surface area contributed by atoms with Crippen LogP contribution in [-0.4, -0.2) is 28.6 Å². The maximum atomic E-state index is 11.5. The molecule has 2 fully saturated rings. The SMILES string of the molecule is O=C(O)c1cc(Br)cnc1N1CCCC2CCCCC21. The summed E-state index contributed by atoms with van der Waals surface area (Å²) < 4.78 is 0.718. The maximum absolute atomic E-state index is 11.5. The third-order valence-electron chi connectivity index (χ3n) is 4.58. The first-order valence-electron chi connectivity index (χ1n) is 7.32. The lowest BCUT2D eigenvalue weighted by molar-refractivity contribution is 0.0696. The molecular weight excluding hydrogens is 320 g/mol. The Morgan fingerprint density at radius 3 is 2.85 bits per heavy atom. The van der Waals surface area contributed by atoms with Gasteiger partial charge in [0, 0.05) is 23.3 Å². The number of pyridine rings is 1. The molecule has 1 saturated heterocycles. The Labute approximate surface area is 127 Å². The number of anilines is 1. The zero-order valence-corrected chi connectivity index (χ0v) is 13.0. The first-order chi connectivity index (χ1) is 9.66. The van der Waals surface area contributed by atoms with Crippen LogP contribution in [0.25, 0.3) is 0 Å². The number of halogens is 1. The van der Waals surface area contributed by atoms with E-state index in [4.69, 9.17) is 0 Å². The van der Waals surface area contributed by atoms with Gasteiger partial charge in [0.15, 0.2) is 0 Å². The van der Waals surface area contributed by atoms with E-state index in [0.29, 0.717) is 23.3 Å². The topological polar surface area (TPSA) is 53.4 Å². The second kappa shape index (κ2) is 5.72.